The van der Waals surface area contributed by atoms with Crippen LogP contribution in [0.25, 0.3) is 0 Å². The summed E-state index contributed by atoms with van der Waals surface area (Å²) in [4.78, 5) is 14.4. The number of nitrogens with zero attached hydrogens (tertiary/aromatic N) is 1. The number of ether oxygens (including phenoxy) is 1. The molecule has 0 saturated carbocycles. The second kappa shape index (κ2) is 7.99. The lowest BCUT2D eigenvalue weighted by molar-refractivity contribution is -0.146. The first-order valence-corrected chi connectivity index (χ1v) is 8.05. The number of nitrogens with one attached hydrogen (secondary N) is 1. The maximum Gasteiger partial charge on any atom is 0.324 e. The fourth-order valence-electron chi connectivity index (χ4n) is 2.73. The van der Waals surface area contributed by atoms with Crippen molar-refractivity contribution in [2.24, 2.45) is 5.41 Å². The van der Waals surface area contributed by atoms with E-state index < -0.39 is 0 Å². The van der Waals surface area contributed by atoms with Crippen LogP contribution in [-0.2, 0) is 9.53 Å². The van der Waals surface area contributed by atoms with Crippen LogP contribution in [0.3, 0.4) is 0 Å². The van der Waals surface area contributed by atoms with Gasteiger partial charge in [0.1, 0.15) is 6.04 Å². The molecular formula is C16H32N2O2. The third-order valence-electron chi connectivity index (χ3n) is 4.46. The van der Waals surface area contributed by atoms with Crippen molar-refractivity contribution in [3.63, 3.8) is 0 Å². The molecule has 1 N–H and O–H groups in total. The van der Waals surface area contributed by atoms with Crippen molar-refractivity contribution >= 4 is 5.97 Å². The molecule has 1 unspecified atom stereocenters. The van der Waals surface area contributed by atoms with E-state index in [1.807, 2.05) is 6.92 Å². The molecule has 0 spiro atoms. The van der Waals surface area contributed by atoms with Gasteiger partial charge in [0.2, 0.25) is 0 Å². The van der Waals surface area contributed by atoms with Crippen LogP contribution in [0.5, 0.6) is 0 Å². The van der Waals surface area contributed by atoms with Crippen LogP contribution >= 0.6 is 0 Å². The minimum atomic E-state index is -0.207. The highest BCUT2D eigenvalue weighted by Gasteiger charge is 2.31. The minimum absolute atomic E-state index is 0.120. The minimum Gasteiger partial charge on any atom is -0.465 e. The zero-order valence-corrected chi connectivity index (χ0v) is 13.9. The Hall–Kier alpha value is -0.610. The fraction of sp³-hybridized carbons (Fsp3) is 0.938. The molecule has 1 saturated heterocycles. The van der Waals surface area contributed by atoms with Gasteiger partial charge in [-0.3, -0.25) is 4.79 Å². The largest absolute Gasteiger partial charge is 0.465 e. The standard InChI is InChI=1S/C16H32N2O2/c1-6-16(5)8-10-18(11-9-16)12-14(17-13(3)4)15(19)20-7-2/h13-14,17H,6-12H2,1-5H3. The quantitative estimate of drug-likeness (QED) is 0.729. The molecule has 0 radical (unpaired) electrons. The lowest BCUT2D eigenvalue weighted by atomic mass is 9.78. The molecule has 20 heavy (non-hydrogen) atoms. The van der Waals surface area contributed by atoms with Gasteiger partial charge in [-0.05, 0) is 38.3 Å². The van der Waals surface area contributed by atoms with Gasteiger partial charge in [0, 0.05) is 12.6 Å². The molecule has 118 valence electrons. The van der Waals surface area contributed by atoms with Crippen LogP contribution < -0.4 is 5.32 Å². The summed E-state index contributed by atoms with van der Waals surface area (Å²) in [5, 5.41) is 3.33. The molecule has 0 aromatic carbocycles. The summed E-state index contributed by atoms with van der Waals surface area (Å²) >= 11 is 0. The number of hydrogen-bond acceptors (Lipinski definition) is 4. The number of piperidine rings is 1. The van der Waals surface area contributed by atoms with Crippen LogP contribution in [0.1, 0.15) is 53.9 Å². The summed E-state index contributed by atoms with van der Waals surface area (Å²) in [6.07, 6.45) is 3.69. The van der Waals surface area contributed by atoms with Crippen molar-refractivity contribution in [1.29, 1.82) is 0 Å². The summed E-state index contributed by atoms with van der Waals surface area (Å²) in [6.45, 7) is 14.0. The van der Waals surface area contributed by atoms with Crippen LogP contribution in [0.4, 0.5) is 0 Å². The third kappa shape index (κ3) is 5.41. The maximum absolute atomic E-state index is 12.0. The van der Waals surface area contributed by atoms with Gasteiger partial charge in [0.05, 0.1) is 6.61 Å². The first-order valence-electron chi connectivity index (χ1n) is 8.05. The van der Waals surface area contributed by atoms with E-state index in [2.05, 4.69) is 37.9 Å². The fourth-order valence-corrected chi connectivity index (χ4v) is 2.73. The highest BCUT2D eigenvalue weighted by molar-refractivity contribution is 5.76. The van der Waals surface area contributed by atoms with E-state index in [9.17, 15) is 4.79 Å². The van der Waals surface area contributed by atoms with Crippen molar-refractivity contribution in [3.8, 4) is 0 Å². The average molecular weight is 284 g/mol. The van der Waals surface area contributed by atoms with Crippen LogP contribution in [0.2, 0.25) is 0 Å². The van der Waals surface area contributed by atoms with E-state index in [0.717, 1.165) is 19.6 Å². The third-order valence-corrected chi connectivity index (χ3v) is 4.46. The summed E-state index contributed by atoms with van der Waals surface area (Å²) in [5.41, 5.74) is 0.488. The molecule has 1 rings (SSSR count). The molecule has 1 fully saturated rings. The zero-order chi connectivity index (χ0) is 15.2. The molecule has 0 aromatic rings. The number of esters is 1. The topological polar surface area (TPSA) is 41.6 Å². The predicted molar refractivity (Wildman–Crippen MR) is 82.8 cm³/mol. The second-order valence-electron chi connectivity index (χ2n) is 6.59. The van der Waals surface area contributed by atoms with E-state index in [1.54, 1.807) is 0 Å². The van der Waals surface area contributed by atoms with Gasteiger partial charge in [0.15, 0.2) is 0 Å². The maximum atomic E-state index is 12.0. The normalized spacial score (nSPS) is 20.9. The molecule has 1 aliphatic rings. The Morgan fingerprint density at radius 3 is 2.35 bits per heavy atom. The van der Waals surface area contributed by atoms with Crippen LogP contribution in [0, 0.1) is 5.41 Å². The van der Waals surface area contributed by atoms with Crippen molar-refractivity contribution in [2.75, 3.05) is 26.2 Å². The highest BCUT2D eigenvalue weighted by atomic mass is 16.5. The molecular weight excluding hydrogens is 252 g/mol. The predicted octanol–water partition coefficient (Wildman–Crippen LogP) is 2.43. The van der Waals surface area contributed by atoms with Crippen molar-refractivity contribution in [1.82, 2.24) is 10.2 Å². The summed E-state index contributed by atoms with van der Waals surface area (Å²) in [6, 6.07) is 0.0797. The van der Waals surface area contributed by atoms with Crippen molar-refractivity contribution < 1.29 is 9.53 Å². The molecule has 4 nitrogen and oxygen atoms in total. The molecule has 0 aliphatic carbocycles. The molecule has 1 heterocycles. The zero-order valence-electron chi connectivity index (χ0n) is 13.9. The number of carbonyl (C=O) groups is 1. The number of likely N-dealkylation sites (tertiary alicyclic amines) is 1. The Morgan fingerprint density at radius 2 is 1.90 bits per heavy atom. The molecule has 4 heteroatoms. The molecule has 1 atom stereocenters. The van der Waals surface area contributed by atoms with Gasteiger partial charge in [-0.2, -0.15) is 0 Å². The SMILES string of the molecule is CCOC(=O)C(CN1CCC(C)(CC)CC1)NC(C)C. The Balaban J connectivity index is 2.51. The average Bonchev–Trinajstić information content (AvgIpc) is 2.40. The van der Waals surface area contributed by atoms with Crippen molar-refractivity contribution in [3.05, 3.63) is 0 Å². The first-order chi connectivity index (χ1) is 9.40. The summed E-state index contributed by atoms with van der Waals surface area (Å²) in [7, 11) is 0. The molecule has 0 bridgehead atoms. The summed E-state index contributed by atoms with van der Waals surface area (Å²) < 4.78 is 5.18. The number of carbonyl (C=O) groups excluding carboxylic acids is 1. The Labute approximate surface area is 124 Å². The first kappa shape index (κ1) is 17.4. The number of rotatable bonds is 7. The Bertz CT molecular complexity index is 297. The molecule has 0 amide bonds. The van der Waals surface area contributed by atoms with E-state index in [4.69, 9.17) is 4.74 Å². The number of hydrogen-bond donors (Lipinski definition) is 1. The second-order valence-corrected chi connectivity index (χ2v) is 6.59. The highest BCUT2D eigenvalue weighted by Crippen LogP contribution is 2.33. The van der Waals surface area contributed by atoms with Gasteiger partial charge < -0.3 is 15.0 Å². The monoisotopic (exact) mass is 284 g/mol. The van der Waals surface area contributed by atoms with Crippen molar-refractivity contribution in [2.45, 2.75) is 66.0 Å². The lowest BCUT2D eigenvalue weighted by Gasteiger charge is -2.40. The Kier molecular flexibility index (Phi) is 6.96. The van der Waals surface area contributed by atoms with E-state index in [1.165, 1.54) is 19.3 Å². The summed E-state index contributed by atoms with van der Waals surface area (Å²) in [5.74, 6) is -0.120. The van der Waals surface area contributed by atoms with E-state index in [-0.39, 0.29) is 18.1 Å². The van der Waals surface area contributed by atoms with Gasteiger partial charge in [-0.25, -0.2) is 0 Å². The van der Waals surface area contributed by atoms with E-state index in [0.29, 0.717) is 12.0 Å². The lowest BCUT2D eigenvalue weighted by Crippen LogP contribution is -2.51. The Morgan fingerprint density at radius 1 is 1.30 bits per heavy atom. The van der Waals surface area contributed by atoms with Crippen LogP contribution in [-0.4, -0.2) is 49.2 Å². The van der Waals surface area contributed by atoms with Gasteiger partial charge in [-0.15, -0.1) is 0 Å². The smallest absolute Gasteiger partial charge is 0.324 e. The van der Waals surface area contributed by atoms with Crippen LogP contribution in [0.15, 0.2) is 0 Å². The molecule has 0 aromatic heterocycles. The van der Waals surface area contributed by atoms with E-state index >= 15 is 0 Å². The van der Waals surface area contributed by atoms with Gasteiger partial charge in [-0.1, -0.05) is 34.1 Å². The van der Waals surface area contributed by atoms with Gasteiger partial charge in [0.25, 0.3) is 0 Å². The van der Waals surface area contributed by atoms with Gasteiger partial charge >= 0.3 is 5.97 Å². The molecule has 1 aliphatic heterocycles.